The average Bonchev–Trinajstić information content (AvgIpc) is 2.64. The third kappa shape index (κ3) is 3.77. The summed E-state index contributed by atoms with van der Waals surface area (Å²) in [5, 5.41) is 12.6. The molecule has 1 saturated heterocycles. The van der Waals surface area contributed by atoms with Gasteiger partial charge in [-0.15, -0.1) is 0 Å². The Morgan fingerprint density at radius 3 is 2.38 bits per heavy atom. The molecule has 0 aromatic heterocycles. The summed E-state index contributed by atoms with van der Waals surface area (Å²) in [6.07, 6.45) is 1.69. The number of benzene rings is 2. The van der Waals surface area contributed by atoms with Crippen LogP contribution in [0.2, 0.25) is 0 Å². The predicted molar refractivity (Wildman–Crippen MR) is 95.9 cm³/mol. The Morgan fingerprint density at radius 1 is 1.08 bits per heavy atom. The number of phenols is 1. The van der Waals surface area contributed by atoms with Gasteiger partial charge >= 0.3 is 0 Å². The van der Waals surface area contributed by atoms with Gasteiger partial charge in [0.2, 0.25) is 5.91 Å². The normalized spacial score (nSPS) is 17.4. The number of anilines is 1. The van der Waals surface area contributed by atoms with Crippen molar-refractivity contribution in [2.75, 3.05) is 18.4 Å². The molecule has 1 fully saturated rings. The number of carbonyl (C=O) groups excluding carboxylic acids is 1. The van der Waals surface area contributed by atoms with Gasteiger partial charge in [-0.1, -0.05) is 42.5 Å². The Balaban J connectivity index is 1.55. The molecule has 0 saturated carbocycles. The molecule has 1 heterocycles. The first-order valence-electron chi connectivity index (χ1n) is 8.53. The highest BCUT2D eigenvalue weighted by molar-refractivity contribution is 5.93. The van der Waals surface area contributed by atoms with E-state index in [2.05, 4.69) is 41.4 Å². The fraction of sp³-hybridized carbons (Fsp3) is 0.350. The zero-order valence-corrected chi connectivity index (χ0v) is 14.0. The van der Waals surface area contributed by atoms with Gasteiger partial charge in [0.15, 0.2) is 0 Å². The Hall–Kier alpha value is -2.33. The molecule has 2 aromatic rings. The molecule has 0 spiro atoms. The molecule has 4 nitrogen and oxygen atoms in total. The van der Waals surface area contributed by atoms with Crippen molar-refractivity contribution in [3.63, 3.8) is 0 Å². The summed E-state index contributed by atoms with van der Waals surface area (Å²) >= 11 is 0. The monoisotopic (exact) mass is 324 g/mol. The van der Waals surface area contributed by atoms with E-state index in [9.17, 15) is 9.90 Å². The van der Waals surface area contributed by atoms with Crippen LogP contribution in [0.15, 0.2) is 54.6 Å². The van der Waals surface area contributed by atoms with Crippen LogP contribution in [-0.2, 0) is 4.79 Å². The smallest absolute Gasteiger partial charge is 0.227 e. The van der Waals surface area contributed by atoms with E-state index in [1.807, 2.05) is 6.07 Å². The summed E-state index contributed by atoms with van der Waals surface area (Å²) in [6, 6.07) is 17.7. The maximum Gasteiger partial charge on any atom is 0.227 e. The minimum Gasteiger partial charge on any atom is -0.506 e. The second kappa shape index (κ2) is 7.49. The molecule has 126 valence electrons. The lowest BCUT2D eigenvalue weighted by atomic mass is 9.93. The largest absolute Gasteiger partial charge is 0.506 e. The van der Waals surface area contributed by atoms with Gasteiger partial charge in [-0.25, -0.2) is 0 Å². The van der Waals surface area contributed by atoms with Gasteiger partial charge in [0, 0.05) is 12.0 Å². The van der Waals surface area contributed by atoms with Crippen molar-refractivity contribution in [3.8, 4) is 5.75 Å². The van der Waals surface area contributed by atoms with Crippen molar-refractivity contribution in [1.29, 1.82) is 0 Å². The van der Waals surface area contributed by atoms with E-state index in [1.54, 1.807) is 24.3 Å². The fourth-order valence-corrected chi connectivity index (χ4v) is 3.31. The Morgan fingerprint density at radius 2 is 1.71 bits per heavy atom. The van der Waals surface area contributed by atoms with Gasteiger partial charge in [-0.2, -0.15) is 0 Å². The van der Waals surface area contributed by atoms with Crippen LogP contribution >= 0.6 is 0 Å². The number of nitrogens with one attached hydrogen (secondary N) is 1. The van der Waals surface area contributed by atoms with Crippen molar-refractivity contribution >= 4 is 11.6 Å². The molecule has 0 bridgehead atoms. The number of amides is 1. The van der Waals surface area contributed by atoms with Gasteiger partial charge in [-0.3, -0.25) is 9.69 Å². The lowest BCUT2D eigenvalue weighted by molar-refractivity contribution is -0.121. The molecule has 0 radical (unpaired) electrons. The number of carbonyl (C=O) groups is 1. The molecular weight excluding hydrogens is 300 g/mol. The number of likely N-dealkylation sites (tertiary alicyclic amines) is 1. The summed E-state index contributed by atoms with van der Waals surface area (Å²) in [6.45, 7) is 4.04. The lowest BCUT2D eigenvalue weighted by Gasteiger charge is -2.35. The van der Waals surface area contributed by atoms with Crippen LogP contribution in [0.4, 0.5) is 5.69 Å². The Labute approximate surface area is 143 Å². The molecule has 1 amide bonds. The molecule has 2 N–H and O–H groups in total. The van der Waals surface area contributed by atoms with Crippen molar-refractivity contribution in [2.45, 2.75) is 25.8 Å². The van der Waals surface area contributed by atoms with Gasteiger partial charge in [0.05, 0.1) is 5.69 Å². The molecule has 1 aliphatic heterocycles. The number of piperidine rings is 1. The summed E-state index contributed by atoms with van der Waals surface area (Å²) in [4.78, 5) is 14.9. The SMILES string of the molecule is CC(c1ccccc1)N1CCC(C(=O)Nc2ccccc2O)CC1. The maximum atomic E-state index is 12.4. The van der Waals surface area contributed by atoms with E-state index in [-0.39, 0.29) is 17.6 Å². The minimum atomic E-state index is 0.00325. The van der Waals surface area contributed by atoms with Crippen molar-refractivity contribution in [3.05, 3.63) is 60.2 Å². The number of phenolic OH excluding ortho intramolecular Hbond substituents is 1. The standard InChI is InChI=1S/C20H24N2O2/c1-15(16-7-3-2-4-8-16)22-13-11-17(12-14-22)20(24)21-18-9-5-6-10-19(18)23/h2-10,15,17,23H,11-14H2,1H3,(H,21,24). The van der Waals surface area contributed by atoms with Crippen molar-refractivity contribution < 1.29 is 9.90 Å². The number of rotatable bonds is 4. The van der Waals surface area contributed by atoms with E-state index >= 15 is 0 Å². The predicted octanol–water partition coefficient (Wildman–Crippen LogP) is 3.80. The molecule has 2 aromatic carbocycles. The summed E-state index contributed by atoms with van der Waals surface area (Å²) in [7, 11) is 0. The highest BCUT2D eigenvalue weighted by Crippen LogP contribution is 2.28. The van der Waals surface area contributed by atoms with Crippen LogP contribution in [-0.4, -0.2) is 29.0 Å². The zero-order chi connectivity index (χ0) is 16.9. The number of hydrogen-bond acceptors (Lipinski definition) is 3. The molecule has 1 aliphatic rings. The fourth-order valence-electron chi connectivity index (χ4n) is 3.31. The molecule has 1 atom stereocenters. The first-order valence-corrected chi connectivity index (χ1v) is 8.53. The second-order valence-electron chi connectivity index (χ2n) is 6.40. The third-order valence-corrected chi connectivity index (χ3v) is 4.89. The number of aromatic hydroxyl groups is 1. The van der Waals surface area contributed by atoms with Gasteiger partial charge < -0.3 is 10.4 Å². The van der Waals surface area contributed by atoms with Crippen LogP contribution in [0.3, 0.4) is 0 Å². The summed E-state index contributed by atoms with van der Waals surface area (Å²) in [5.74, 6) is 0.119. The van der Waals surface area contributed by atoms with E-state index in [4.69, 9.17) is 0 Å². The van der Waals surface area contributed by atoms with Gasteiger partial charge in [0.25, 0.3) is 0 Å². The number of hydrogen-bond donors (Lipinski definition) is 2. The van der Waals surface area contributed by atoms with Gasteiger partial charge in [0.1, 0.15) is 5.75 Å². The van der Waals surface area contributed by atoms with Crippen molar-refractivity contribution in [1.82, 2.24) is 4.90 Å². The molecule has 1 unspecified atom stereocenters. The van der Waals surface area contributed by atoms with E-state index in [1.165, 1.54) is 5.56 Å². The highest BCUT2D eigenvalue weighted by Gasteiger charge is 2.27. The van der Waals surface area contributed by atoms with Crippen LogP contribution in [0, 0.1) is 5.92 Å². The van der Waals surface area contributed by atoms with Crippen LogP contribution in [0.5, 0.6) is 5.75 Å². The van der Waals surface area contributed by atoms with E-state index < -0.39 is 0 Å². The zero-order valence-electron chi connectivity index (χ0n) is 14.0. The average molecular weight is 324 g/mol. The van der Waals surface area contributed by atoms with Crippen LogP contribution < -0.4 is 5.32 Å². The maximum absolute atomic E-state index is 12.4. The lowest BCUT2D eigenvalue weighted by Crippen LogP contribution is -2.39. The number of nitrogens with zero attached hydrogens (tertiary/aromatic N) is 1. The van der Waals surface area contributed by atoms with Gasteiger partial charge in [-0.05, 0) is 50.6 Å². The molecule has 24 heavy (non-hydrogen) atoms. The highest BCUT2D eigenvalue weighted by atomic mass is 16.3. The Kier molecular flexibility index (Phi) is 5.16. The van der Waals surface area contributed by atoms with E-state index in [0.717, 1.165) is 25.9 Å². The summed E-state index contributed by atoms with van der Waals surface area (Å²) < 4.78 is 0. The topological polar surface area (TPSA) is 52.6 Å². The first-order chi connectivity index (χ1) is 11.6. The third-order valence-electron chi connectivity index (χ3n) is 4.89. The van der Waals surface area contributed by atoms with Crippen LogP contribution in [0.1, 0.15) is 31.4 Å². The molecular formula is C20H24N2O2. The summed E-state index contributed by atoms with van der Waals surface area (Å²) in [5.41, 5.74) is 1.80. The number of para-hydroxylation sites is 2. The van der Waals surface area contributed by atoms with Crippen LogP contribution in [0.25, 0.3) is 0 Å². The van der Waals surface area contributed by atoms with Crippen molar-refractivity contribution in [2.24, 2.45) is 5.92 Å². The Bertz CT molecular complexity index is 679. The quantitative estimate of drug-likeness (QED) is 0.841. The second-order valence-corrected chi connectivity index (χ2v) is 6.40. The minimum absolute atomic E-state index is 0.00325. The van der Waals surface area contributed by atoms with E-state index in [0.29, 0.717) is 11.7 Å². The molecule has 4 heteroatoms. The molecule has 0 aliphatic carbocycles. The first kappa shape index (κ1) is 16.5. The molecule has 3 rings (SSSR count).